The summed E-state index contributed by atoms with van der Waals surface area (Å²) in [6.45, 7) is 17.3. The van der Waals surface area contributed by atoms with Crippen molar-refractivity contribution in [3.63, 3.8) is 0 Å². The maximum absolute atomic E-state index is 5.32. The monoisotopic (exact) mass is 194 g/mol. The lowest BCUT2D eigenvalue weighted by Crippen LogP contribution is -2.15. The van der Waals surface area contributed by atoms with Gasteiger partial charge in [-0.2, -0.15) is 0 Å². The molecule has 0 aliphatic carbocycles. The molecule has 0 heterocycles. The molecule has 0 radical (unpaired) electrons. The quantitative estimate of drug-likeness (QED) is 0.437. The Labute approximate surface area is 86.2 Å². The lowest BCUT2D eigenvalue weighted by atomic mass is 10.3. The summed E-state index contributed by atoms with van der Waals surface area (Å²) in [6, 6.07) is 0. The lowest BCUT2D eigenvalue weighted by molar-refractivity contribution is -0.116. The molecule has 0 aromatic rings. The SMILES string of the molecule is C=CC(=C)COC(C)OCC(=C)C=C. The highest BCUT2D eigenvalue weighted by molar-refractivity contribution is 5.11. The summed E-state index contributed by atoms with van der Waals surface area (Å²) >= 11 is 0. The van der Waals surface area contributed by atoms with Gasteiger partial charge in [0, 0.05) is 0 Å². The third-order valence-electron chi connectivity index (χ3n) is 1.58. The maximum atomic E-state index is 5.32. The molecule has 0 N–H and O–H groups in total. The zero-order valence-electron chi connectivity index (χ0n) is 8.79. The Morgan fingerprint density at radius 2 is 1.43 bits per heavy atom. The van der Waals surface area contributed by atoms with E-state index in [-0.39, 0.29) is 6.29 Å². The van der Waals surface area contributed by atoms with Crippen LogP contribution in [0.5, 0.6) is 0 Å². The van der Waals surface area contributed by atoms with Crippen LogP contribution in [0.2, 0.25) is 0 Å². The summed E-state index contributed by atoms with van der Waals surface area (Å²) in [4.78, 5) is 0. The molecule has 78 valence electrons. The highest BCUT2D eigenvalue weighted by Crippen LogP contribution is 2.01. The highest BCUT2D eigenvalue weighted by Gasteiger charge is 2.01. The van der Waals surface area contributed by atoms with Gasteiger partial charge in [0.25, 0.3) is 0 Å². The maximum Gasteiger partial charge on any atom is 0.155 e. The van der Waals surface area contributed by atoms with Gasteiger partial charge in [-0.3, -0.25) is 0 Å². The van der Waals surface area contributed by atoms with Crippen molar-refractivity contribution in [3.05, 3.63) is 49.6 Å². The molecule has 0 aliphatic rings. The summed E-state index contributed by atoms with van der Waals surface area (Å²) in [5.41, 5.74) is 1.67. The Morgan fingerprint density at radius 1 is 1.07 bits per heavy atom. The molecule has 2 nitrogen and oxygen atoms in total. The Bertz CT molecular complexity index is 204. The van der Waals surface area contributed by atoms with E-state index >= 15 is 0 Å². The van der Waals surface area contributed by atoms with E-state index < -0.39 is 0 Å². The molecular formula is C12H18O2. The van der Waals surface area contributed by atoms with Crippen molar-refractivity contribution in [2.75, 3.05) is 13.2 Å². The third kappa shape index (κ3) is 6.40. The van der Waals surface area contributed by atoms with Crippen LogP contribution >= 0.6 is 0 Å². The van der Waals surface area contributed by atoms with Crippen molar-refractivity contribution in [3.8, 4) is 0 Å². The number of hydrogen-bond donors (Lipinski definition) is 0. The Kier molecular flexibility index (Phi) is 6.72. The first kappa shape index (κ1) is 12.9. The van der Waals surface area contributed by atoms with E-state index in [1.807, 2.05) is 6.92 Å². The Hall–Kier alpha value is -1.12. The minimum atomic E-state index is -0.275. The van der Waals surface area contributed by atoms with Gasteiger partial charge in [0.15, 0.2) is 6.29 Å². The van der Waals surface area contributed by atoms with Gasteiger partial charge in [0.2, 0.25) is 0 Å². The third-order valence-corrected chi connectivity index (χ3v) is 1.58. The normalized spacial score (nSPS) is 9.86. The van der Waals surface area contributed by atoms with Crippen LogP contribution in [0.15, 0.2) is 49.6 Å². The zero-order chi connectivity index (χ0) is 11.0. The summed E-state index contributed by atoms with van der Waals surface area (Å²) in [5, 5.41) is 0. The van der Waals surface area contributed by atoms with Crippen LogP contribution in [0.4, 0.5) is 0 Å². The van der Waals surface area contributed by atoms with Gasteiger partial charge in [-0.15, -0.1) is 0 Å². The molecule has 0 saturated heterocycles. The van der Waals surface area contributed by atoms with Crippen molar-refractivity contribution < 1.29 is 9.47 Å². The standard InChI is InChI=1S/C12H18O2/c1-6-10(3)8-13-12(5)14-9-11(4)7-2/h6-7,12H,1-4,8-9H2,5H3. The average Bonchev–Trinajstić information content (AvgIpc) is 2.22. The van der Waals surface area contributed by atoms with Crippen molar-refractivity contribution in [1.82, 2.24) is 0 Å². The van der Waals surface area contributed by atoms with Gasteiger partial charge in [-0.05, 0) is 18.1 Å². The van der Waals surface area contributed by atoms with Crippen LogP contribution in [-0.2, 0) is 9.47 Å². The first-order valence-electron chi connectivity index (χ1n) is 4.43. The van der Waals surface area contributed by atoms with Crippen LogP contribution in [-0.4, -0.2) is 19.5 Å². The summed E-state index contributed by atoms with van der Waals surface area (Å²) in [6.07, 6.45) is 3.05. The molecule has 0 atom stereocenters. The smallest absolute Gasteiger partial charge is 0.155 e. The number of hydrogen-bond acceptors (Lipinski definition) is 2. The summed E-state index contributed by atoms with van der Waals surface area (Å²) in [5.74, 6) is 0. The molecule has 0 saturated carbocycles. The molecule has 0 rings (SSSR count). The fraction of sp³-hybridized carbons (Fsp3) is 0.333. The first-order chi connectivity index (χ1) is 6.60. The minimum Gasteiger partial charge on any atom is -0.348 e. The molecule has 0 bridgehead atoms. The largest absolute Gasteiger partial charge is 0.348 e. The van der Waals surface area contributed by atoms with Crippen molar-refractivity contribution in [2.24, 2.45) is 0 Å². The fourth-order valence-corrected chi connectivity index (χ4v) is 0.615. The second kappa shape index (κ2) is 7.30. The predicted octanol–water partition coefficient (Wildman–Crippen LogP) is 2.85. The van der Waals surface area contributed by atoms with E-state index in [9.17, 15) is 0 Å². The first-order valence-corrected chi connectivity index (χ1v) is 4.43. The zero-order valence-corrected chi connectivity index (χ0v) is 8.79. The molecule has 0 aromatic carbocycles. The Balaban J connectivity index is 3.60. The van der Waals surface area contributed by atoms with E-state index in [1.54, 1.807) is 12.2 Å². The van der Waals surface area contributed by atoms with Gasteiger partial charge < -0.3 is 9.47 Å². The highest BCUT2D eigenvalue weighted by atomic mass is 16.7. The minimum absolute atomic E-state index is 0.275. The van der Waals surface area contributed by atoms with E-state index in [4.69, 9.17) is 9.47 Å². The van der Waals surface area contributed by atoms with E-state index in [0.717, 1.165) is 11.1 Å². The van der Waals surface area contributed by atoms with E-state index in [2.05, 4.69) is 26.3 Å². The van der Waals surface area contributed by atoms with Gasteiger partial charge in [-0.25, -0.2) is 0 Å². The predicted molar refractivity (Wildman–Crippen MR) is 60.0 cm³/mol. The molecular weight excluding hydrogens is 176 g/mol. The van der Waals surface area contributed by atoms with Gasteiger partial charge in [0.1, 0.15) is 0 Å². The molecule has 2 heteroatoms. The van der Waals surface area contributed by atoms with Gasteiger partial charge in [0.05, 0.1) is 13.2 Å². The van der Waals surface area contributed by atoms with Crippen molar-refractivity contribution in [1.29, 1.82) is 0 Å². The summed E-state index contributed by atoms with van der Waals surface area (Å²) < 4.78 is 10.6. The second-order valence-electron chi connectivity index (χ2n) is 2.91. The number of rotatable bonds is 8. The second-order valence-corrected chi connectivity index (χ2v) is 2.91. The summed E-state index contributed by atoms with van der Waals surface area (Å²) in [7, 11) is 0. The molecule has 0 aliphatic heterocycles. The number of ether oxygens (including phenoxy) is 2. The molecule has 0 spiro atoms. The van der Waals surface area contributed by atoms with Gasteiger partial charge in [-0.1, -0.05) is 38.5 Å². The Morgan fingerprint density at radius 3 is 1.71 bits per heavy atom. The van der Waals surface area contributed by atoms with E-state index in [0.29, 0.717) is 13.2 Å². The van der Waals surface area contributed by atoms with Crippen molar-refractivity contribution >= 4 is 0 Å². The topological polar surface area (TPSA) is 18.5 Å². The lowest BCUT2D eigenvalue weighted by Gasteiger charge is -2.14. The van der Waals surface area contributed by atoms with Crippen LogP contribution in [0.1, 0.15) is 6.92 Å². The molecule has 0 unspecified atom stereocenters. The van der Waals surface area contributed by atoms with E-state index in [1.165, 1.54) is 0 Å². The van der Waals surface area contributed by atoms with Crippen LogP contribution < -0.4 is 0 Å². The molecule has 0 fully saturated rings. The average molecular weight is 194 g/mol. The molecule has 0 aromatic heterocycles. The molecule has 0 amide bonds. The van der Waals surface area contributed by atoms with Crippen LogP contribution in [0, 0.1) is 0 Å². The molecule has 14 heavy (non-hydrogen) atoms. The van der Waals surface area contributed by atoms with Gasteiger partial charge >= 0.3 is 0 Å². The van der Waals surface area contributed by atoms with Crippen LogP contribution in [0.25, 0.3) is 0 Å². The fourth-order valence-electron chi connectivity index (χ4n) is 0.615. The van der Waals surface area contributed by atoms with Crippen LogP contribution in [0.3, 0.4) is 0 Å². The van der Waals surface area contributed by atoms with Crippen molar-refractivity contribution in [2.45, 2.75) is 13.2 Å².